The average molecular weight is 907 g/mol. The van der Waals surface area contributed by atoms with Crippen molar-refractivity contribution < 1.29 is 0 Å². The topological polar surface area (TPSA) is 62.5 Å². The van der Waals surface area contributed by atoms with Crippen LogP contribution in [0.25, 0.3) is 39.7 Å². The van der Waals surface area contributed by atoms with Gasteiger partial charge < -0.3 is 0 Å². The van der Waals surface area contributed by atoms with Crippen molar-refractivity contribution in [1.29, 1.82) is 5.26 Å². The molecule has 7 atom stereocenters. The van der Waals surface area contributed by atoms with Crippen LogP contribution in [0.5, 0.6) is 0 Å². The van der Waals surface area contributed by atoms with Crippen LogP contribution in [0.15, 0.2) is 157 Å². The lowest BCUT2D eigenvalue weighted by molar-refractivity contribution is 0.0780. The van der Waals surface area contributed by atoms with E-state index in [2.05, 4.69) is 168 Å². The van der Waals surface area contributed by atoms with Crippen molar-refractivity contribution in [2.24, 2.45) is 35.5 Å². The van der Waals surface area contributed by atoms with E-state index in [-0.39, 0.29) is 5.41 Å². The van der Waals surface area contributed by atoms with Gasteiger partial charge in [0.05, 0.1) is 11.5 Å². The summed E-state index contributed by atoms with van der Waals surface area (Å²) in [6, 6.07) is 48.8. The molecule has 4 nitrogen and oxygen atoms in total. The maximum atomic E-state index is 10.1. The molecule has 0 spiro atoms. The molecule has 1 unspecified atom stereocenters. The number of hydrogen-bond acceptors (Lipinski definition) is 4. The molecule has 0 N–H and O–H groups in total. The highest BCUT2D eigenvalue weighted by Gasteiger charge is 2.47. The maximum absolute atomic E-state index is 10.1. The van der Waals surface area contributed by atoms with Gasteiger partial charge in [0.1, 0.15) is 0 Å². The minimum absolute atomic E-state index is 0.245. The molecule has 10 rings (SSSR count). The Kier molecular flexibility index (Phi) is 13.3. The zero-order valence-electron chi connectivity index (χ0n) is 41.7. The van der Waals surface area contributed by atoms with E-state index in [9.17, 15) is 5.26 Å². The van der Waals surface area contributed by atoms with Crippen LogP contribution in [0.3, 0.4) is 0 Å². The minimum Gasteiger partial charge on any atom is -0.208 e. The Bertz CT molecular complexity index is 2840. The monoisotopic (exact) mass is 907 g/mol. The Balaban J connectivity index is 1.07. The van der Waals surface area contributed by atoms with Crippen LogP contribution < -0.4 is 0 Å². The SMILES string of the molecule is C=CC1=C(/C=C(\C)C#N)c2ccc(-c3nc(-c4ccc(CC[C@@H](C)C[C@H]5CCC[C@H](C)C5)cc4)nc(-c4ccc(C56C[C@H](C)C[C@H](C[C@H](C)C5)C6)cc4)n3)cc2C1(c1ccccc1)c1ccccc1. The Morgan fingerprint density at radius 3 is 1.86 bits per heavy atom. The summed E-state index contributed by atoms with van der Waals surface area (Å²) in [7, 11) is 0. The van der Waals surface area contributed by atoms with Gasteiger partial charge in [-0.1, -0.05) is 181 Å². The molecule has 1 heterocycles. The van der Waals surface area contributed by atoms with Crippen molar-refractivity contribution >= 4 is 5.57 Å². The highest BCUT2D eigenvalue weighted by atomic mass is 15.0. The van der Waals surface area contributed by atoms with Crippen molar-refractivity contribution in [3.05, 3.63) is 191 Å². The standard InChI is InChI=1S/C65H70N4/c1-7-59-58(37-47(6)42-66)57-32-29-53(38-60(57)65(59,55-17-10-8-11-18-55)56-19-12-9-13-20-56)63-68-61(51-25-23-48(24-26-51)22-21-44(3)34-49-16-14-15-43(2)33-49)67-62(69-63)52-27-30-54(31-28-52)64-39-45(4)35-50(41-64)36-46(5)40-64/h7-13,17-20,23-32,37-38,43-46,49-50H,1,14-16,21-22,33-36,39-41H2,2-6H3/b47-37+/t43-,44+,45-,46+,49-,50-,64?/m0/s1. The first-order valence-corrected chi connectivity index (χ1v) is 26.2. The zero-order valence-corrected chi connectivity index (χ0v) is 41.7. The molecule has 3 saturated carbocycles. The first-order chi connectivity index (χ1) is 33.5. The van der Waals surface area contributed by atoms with E-state index in [4.69, 9.17) is 15.0 Å². The normalized spacial score (nSPS) is 24.6. The predicted octanol–water partition coefficient (Wildman–Crippen LogP) is 16.5. The molecular formula is C65H70N4. The van der Waals surface area contributed by atoms with Crippen LogP contribution in [0, 0.1) is 46.8 Å². The maximum Gasteiger partial charge on any atom is 0.164 e. The smallest absolute Gasteiger partial charge is 0.164 e. The molecule has 3 fully saturated rings. The molecule has 1 aromatic heterocycles. The summed E-state index contributed by atoms with van der Waals surface area (Å²) in [6.07, 6.45) is 19.8. The molecule has 6 aromatic rings. The number of allylic oxidation sites excluding steroid dienone is 5. The van der Waals surface area contributed by atoms with Gasteiger partial charge in [0.25, 0.3) is 0 Å². The van der Waals surface area contributed by atoms with Gasteiger partial charge in [0, 0.05) is 22.3 Å². The second-order valence-electron chi connectivity index (χ2n) is 22.3. The third kappa shape index (κ3) is 9.23. The van der Waals surface area contributed by atoms with Crippen molar-refractivity contribution in [3.8, 4) is 40.2 Å². The van der Waals surface area contributed by atoms with E-state index >= 15 is 0 Å². The van der Waals surface area contributed by atoms with E-state index in [1.165, 1.54) is 81.8 Å². The van der Waals surface area contributed by atoms with E-state index in [0.29, 0.717) is 23.0 Å². The molecule has 2 bridgehead atoms. The third-order valence-corrected chi connectivity index (χ3v) is 16.8. The van der Waals surface area contributed by atoms with Crippen molar-refractivity contribution in [1.82, 2.24) is 15.0 Å². The number of aryl methyl sites for hydroxylation is 1. The largest absolute Gasteiger partial charge is 0.208 e. The molecule has 4 aliphatic carbocycles. The summed E-state index contributed by atoms with van der Waals surface area (Å²) in [6.45, 7) is 16.1. The van der Waals surface area contributed by atoms with E-state index in [0.717, 1.165) is 92.0 Å². The lowest BCUT2D eigenvalue weighted by Crippen LogP contribution is -2.42. The van der Waals surface area contributed by atoms with Crippen molar-refractivity contribution in [2.75, 3.05) is 0 Å². The highest BCUT2D eigenvalue weighted by Crippen LogP contribution is 2.57. The summed E-state index contributed by atoms with van der Waals surface area (Å²) in [5, 5.41) is 10.1. The van der Waals surface area contributed by atoms with E-state index in [1.807, 2.05) is 19.1 Å². The minimum atomic E-state index is -0.709. The summed E-state index contributed by atoms with van der Waals surface area (Å²) in [5.41, 5.74) is 12.4. The van der Waals surface area contributed by atoms with Gasteiger partial charge in [-0.25, -0.2) is 15.0 Å². The number of benzene rings is 5. The van der Waals surface area contributed by atoms with Gasteiger partial charge in [0.15, 0.2) is 17.5 Å². The van der Waals surface area contributed by atoms with Gasteiger partial charge in [-0.15, -0.1) is 0 Å². The van der Waals surface area contributed by atoms with Gasteiger partial charge in [-0.2, -0.15) is 5.26 Å². The van der Waals surface area contributed by atoms with Gasteiger partial charge in [-0.3, -0.25) is 0 Å². The average Bonchev–Trinajstić information content (AvgIpc) is 3.64. The van der Waals surface area contributed by atoms with Crippen LogP contribution >= 0.6 is 0 Å². The fourth-order valence-corrected chi connectivity index (χ4v) is 14.0. The lowest BCUT2D eigenvalue weighted by Gasteiger charge is -2.50. The Morgan fingerprint density at radius 1 is 0.696 bits per heavy atom. The van der Waals surface area contributed by atoms with Crippen molar-refractivity contribution in [2.45, 2.75) is 122 Å². The zero-order chi connectivity index (χ0) is 47.7. The summed E-state index contributed by atoms with van der Waals surface area (Å²) < 4.78 is 0. The van der Waals surface area contributed by atoms with Crippen LogP contribution in [0.4, 0.5) is 0 Å². The van der Waals surface area contributed by atoms with Crippen molar-refractivity contribution in [3.63, 3.8) is 0 Å². The number of nitriles is 1. The molecule has 69 heavy (non-hydrogen) atoms. The van der Waals surface area contributed by atoms with Gasteiger partial charge in [-0.05, 0) is 162 Å². The number of nitrogens with zero attached hydrogens (tertiary/aromatic N) is 4. The number of rotatable bonds is 13. The summed E-state index contributed by atoms with van der Waals surface area (Å²) in [4.78, 5) is 16.0. The molecule has 0 radical (unpaired) electrons. The molecule has 350 valence electrons. The Morgan fingerprint density at radius 2 is 1.28 bits per heavy atom. The molecule has 4 heteroatoms. The van der Waals surface area contributed by atoms with Gasteiger partial charge >= 0.3 is 0 Å². The Hall–Kier alpha value is -6.18. The van der Waals surface area contributed by atoms with E-state index in [1.54, 1.807) is 0 Å². The molecule has 0 aliphatic heterocycles. The van der Waals surface area contributed by atoms with Crippen LogP contribution in [0.1, 0.15) is 139 Å². The third-order valence-electron chi connectivity index (χ3n) is 16.8. The van der Waals surface area contributed by atoms with E-state index < -0.39 is 5.41 Å². The first kappa shape index (κ1) is 46.5. The molecule has 0 amide bonds. The molecular weight excluding hydrogens is 837 g/mol. The number of aromatic nitrogens is 3. The fourth-order valence-electron chi connectivity index (χ4n) is 14.0. The number of hydrogen-bond donors (Lipinski definition) is 0. The predicted molar refractivity (Wildman–Crippen MR) is 285 cm³/mol. The molecule has 4 aliphatic rings. The second kappa shape index (κ2) is 19.7. The number of fused-ring (bicyclic) bond motifs is 3. The second-order valence-corrected chi connectivity index (χ2v) is 22.3. The highest BCUT2D eigenvalue weighted by molar-refractivity contribution is 5.93. The Labute approximate surface area is 412 Å². The molecule has 5 aromatic carbocycles. The summed E-state index contributed by atoms with van der Waals surface area (Å²) >= 11 is 0. The van der Waals surface area contributed by atoms with Crippen LogP contribution in [-0.4, -0.2) is 15.0 Å². The lowest BCUT2D eigenvalue weighted by atomic mass is 9.54. The fraction of sp³-hybridized carbons (Fsp3) is 0.385. The van der Waals surface area contributed by atoms with Crippen LogP contribution in [0.2, 0.25) is 0 Å². The van der Waals surface area contributed by atoms with Crippen LogP contribution in [-0.2, 0) is 17.3 Å². The quantitative estimate of drug-likeness (QED) is 0.108. The first-order valence-electron chi connectivity index (χ1n) is 26.2. The van der Waals surface area contributed by atoms with Gasteiger partial charge in [0.2, 0.25) is 0 Å². The summed E-state index contributed by atoms with van der Waals surface area (Å²) in [5.74, 6) is 6.79. The molecule has 0 saturated heterocycles.